The highest BCUT2D eigenvalue weighted by molar-refractivity contribution is 5.37. The largest absolute Gasteiger partial charge is 0.496 e. The van der Waals surface area contributed by atoms with Gasteiger partial charge in [0.2, 0.25) is 0 Å². The number of aromatic nitrogens is 1. The summed E-state index contributed by atoms with van der Waals surface area (Å²) in [6.45, 7) is 2.14. The molecule has 1 N–H and O–H groups in total. The number of hydrogen-bond acceptors (Lipinski definition) is 4. The second-order valence-electron chi connectivity index (χ2n) is 4.39. The van der Waals surface area contributed by atoms with Crippen LogP contribution in [0.1, 0.15) is 23.7 Å². The fourth-order valence-corrected chi connectivity index (χ4v) is 2.07. The van der Waals surface area contributed by atoms with Gasteiger partial charge in [-0.25, -0.2) is 0 Å². The minimum absolute atomic E-state index is 0.568. The molecule has 4 nitrogen and oxygen atoms in total. The minimum atomic E-state index is 0.568. The van der Waals surface area contributed by atoms with E-state index in [-0.39, 0.29) is 0 Å². The van der Waals surface area contributed by atoms with Crippen LogP contribution in [0.5, 0.6) is 5.75 Å². The zero-order valence-electron chi connectivity index (χ0n) is 11.7. The molecule has 0 bridgehead atoms. The molecule has 4 heteroatoms. The summed E-state index contributed by atoms with van der Waals surface area (Å²) in [6.07, 6.45) is 4.51. The Morgan fingerprint density at radius 3 is 2.79 bits per heavy atom. The topological polar surface area (TPSA) is 47.3 Å². The molecule has 0 fully saturated rings. The van der Waals surface area contributed by atoms with Crippen molar-refractivity contribution in [2.45, 2.75) is 26.2 Å². The van der Waals surface area contributed by atoms with E-state index in [0.29, 0.717) is 6.01 Å². The molecule has 1 aromatic heterocycles. The second kappa shape index (κ2) is 6.27. The molecule has 0 aliphatic carbocycles. The average molecular weight is 260 g/mol. The van der Waals surface area contributed by atoms with Crippen LogP contribution in [0, 0.1) is 0 Å². The number of methoxy groups -OCH3 is 1. The SMILES string of the molecule is CCc1cc(CCc2coc(NC)n2)ccc1OC. The van der Waals surface area contributed by atoms with Crippen LogP contribution in [-0.4, -0.2) is 19.1 Å². The lowest BCUT2D eigenvalue weighted by Crippen LogP contribution is -1.96. The number of rotatable bonds is 6. The van der Waals surface area contributed by atoms with Crippen LogP contribution in [0.15, 0.2) is 28.9 Å². The van der Waals surface area contributed by atoms with E-state index in [1.54, 1.807) is 20.4 Å². The van der Waals surface area contributed by atoms with E-state index >= 15 is 0 Å². The van der Waals surface area contributed by atoms with Gasteiger partial charge in [0.1, 0.15) is 12.0 Å². The number of oxazole rings is 1. The van der Waals surface area contributed by atoms with Gasteiger partial charge in [-0.3, -0.25) is 0 Å². The lowest BCUT2D eigenvalue weighted by molar-refractivity contribution is 0.410. The Balaban J connectivity index is 2.03. The summed E-state index contributed by atoms with van der Waals surface area (Å²) in [5, 5.41) is 2.88. The van der Waals surface area contributed by atoms with E-state index in [0.717, 1.165) is 30.7 Å². The number of anilines is 1. The highest BCUT2D eigenvalue weighted by atomic mass is 16.5. The Morgan fingerprint density at radius 2 is 2.16 bits per heavy atom. The van der Waals surface area contributed by atoms with Gasteiger partial charge in [0.25, 0.3) is 6.01 Å². The zero-order valence-corrected chi connectivity index (χ0v) is 11.7. The first-order chi connectivity index (χ1) is 9.26. The van der Waals surface area contributed by atoms with Crippen LogP contribution >= 0.6 is 0 Å². The molecule has 0 aliphatic heterocycles. The summed E-state index contributed by atoms with van der Waals surface area (Å²) in [4.78, 5) is 4.32. The first kappa shape index (κ1) is 13.5. The van der Waals surface area contributed by atoms with Gasteiger partial charge in [0, 0.05) is 7.05 Å². The van der Waals surface area contributed by atoms with Gasteiger partial charge >= 0.3 is 0 Å². The Morgan fingerprint density at radius 1 is 1.32 bits per heavy atom. The fraction of sp³-hybridized carbons (Fsp3) is 0.400. The van der Waals surface area contributed by atoms with E-state index in [4.69, 9.17) is 9.15 Å². The maximum Gasteiger partial charge on any atom is 0.294 e. The molecule has 2 aromatic rings. The Hall–Kier alpha value is -1.97. The molecular weight excluding hydrogens is 240 g/mol. The number of nitrogens with zero attached hydrogens (tertiary/aromatic N) is 1. The van der Waals surface area contributed by atoms with Gasteiger partial charge < -0.3 is 14.5 Å². The van der Waals surface area contributed by atoms with Crippen LogP contribution in [0.3, 0.4) is 0 Å². The average Bonchev–Trinajstić information content (AvgIpc) is 2.92. The van der Waals surface area contributed by atoms with Crippen molar-refractivity contribution in [2.24, 2.45) is 0 Å². The summed E-state index contributed by atoms with van der Waals surface area (Å²) >= 11 is 0. The van der Waals surface area contributed by atoms with Crippen molar-refractivity contribution in [3.05, 3.63) is 41.3 Å². The predicted octanol–water partition coefficient (Wildman–Crippen LogP) is 3.07. The van der Waals surface area contributed by atoms with Crippen molar-refractivity contribution < 1.29 is 9.15 Å². The maximum absolute atomic E-state index is 5.34. The van der Waals surface area contributed by atoms with Crippen molar-refractivity contribution in [3.63, 3.8) is 0 Å². The smallest absolute Gasteiger partial charge is 0.294 e. The number of nitrogens with one attached hydrogen (secondary N) is 1. The van der Waals surface area contributed by atoms with E-state index in [9.17, 15) is 0 Å². The quantitative estimate of drug-likeness (QED) is 0.867. The molecule has 0 aliphatic rings. The summed E-state index contributed by atoms with van der Waals surface area (Å²) in [7, 11) is 3.51. The van der Waals surface area contributed by atoms with Gasteiger partial charge in [-0.15, -0.1) is 0 Å². The molecule has 0 unspecified atom stereocenters. The van der Waals surface area contributed by atoms with Gasteiger partial charge in [-0.05, 0) is 36.5 Å². The molecule has 1 aromatic carbocycles. The summed E-state index contributed by atoms with van der Waals surface area (Å²) in [6, 6.07) is 6.92. The third-order valence-electron chi connectivity index (χ3n) is 3.16. The molecule has 19 heavy (non-hydrogen) atoms. The molecule has 0 atom stereocenters. The van der Waals surface area contributed by atoms with Gasteiger partial charge in [-0.2, -0.15) is 4.98 Å². The fourth-order valence-electron chi connectivity index (χ4n) is 2.07. The maximum atomic E-state index is 5.34. The van der Waals surface area contributed by atoms with Crippen molar-refractivity contribution in [3.8, 4) is 5.75 Å². The molecular formula is C15H20N2O2. The van der Waals surface area contributed by atoms with Crippen LogP contribution in [0.2, 0.25) is 0 Å². The Kier molecular flexibility index (Phi) is 4.44. The minimum Gasteiger partial charge on any atom is -0.496 e. The highest BCUT2D eigenvalue weighted by Crippen LogP contribution is 2.21. The van der Waals surface area contributed by atoms with Crippen LogP contribution in [-0.2, 0) is 19.3 Å². The van der Waals surface area contributed by atoms with Crippen molar-refractivity contribution in [1.82, 2.24) is 4.98 Å². The second-order valence-corrected chi connectivity index (χ2v) is 4.39. The number of ether oxygens (including phenoxy) is 1. The lowest BCUT2D eigenvalue weighted by Gasteiger charge is -2.08. The van der Waals surface area contributed by atoms with Crippen LogP contribution < -0.4 is 10.1 Å². The molecule has 0 radical (unpaired) electrons. The monoisotopic (exact) mass is 260 g/mol. The third-order valence-corrected chi connectivity index (χ3v) is 3.16. The third kappa shape index (κ3) is 3.28. The molecule has 0 saturated carbocycles. The number of aryl methyl sites for hydroxylation is 3. The normalized spacial score (nSPS) is 10.5. The zero-order chi connectivity index (χ0) is 13.7. The first-order valence-electron chi connectivity index (χ1n) is 6.54. The van der Waals surface area contributed by atoms with Gasteiger partial charge in [-0.1, -0.05) is 19.1 Å². The van der Waals surface area contributed by atoms with Crippen LogP contribution in [0.4, 0.5) is 6.01 Å². The Bertz CT molecular complexity index is 535. The molecule has 102 valence electrons. The van der Waals surface area contributed by atoms with E-state index in [1.165, 1.54) is 11.1 Å². The molecule has 0 saturated heterocycles. The van der Waals surface area contributed by atoms with Gasteiger partial charge in [0.05, 0.1) is 12.8 Å². The lowest BCUT2D eigenvalue weighted by atomic mass is 10.0. The van der Waals surface area contributed by atoms with E-state index in [2.05, 4.69) is 29.4 Å². The summed E-state index contributed by atoms with van der Waals surface area (Å²) in [5.74, 6) is 0.963. The Labute approximate surface area is 113 Å². The summed E-state index contributed by atoms with van der Waals surface area (Å²) in [5.41, 5.74) is 3.51. The molecule has 2 rings (SSSR count). The van der Waals surface area contributed by atoms with Gasteiger partial charge in [0.15, 0.2) is 0 Å². The van der Waals surface area contributed by atoms with Crippen molar-refractivity contribution >= 4 is 6.01 Å². The van der Waals surface area contributed by atoms with E-state index < -0.39 is 0 Å². The molecule has 0 amide bonds. The van der Waals surface area contributed by atoms with Crippen LogP contribution in [0.25, 0.3) is 0 Å². The number of benzene rings is 1. The number of hydrogen-bond donors (Lipinski definition) is 1. The van der Waals surface area contributed by atoms with Crippen molar-refractivity contribution in [1.29, 1.82) is 0 Å². The first-order valence-corrected chi connectivity index (χ1v) is 6.54. The standard InChI is InChI=1S/C15H20N2O2/c1-4-12-9-11(6-8-14(12)18-3)5-7-13-10-19-15(16-2)17-13/h6,8-10H,4-5,7H2,1-3H3,(H,16,17). The van der Waals surface area contributed by atoms with Crippen molar-refractivity contribution in [2.75, 3.05) is 19.5 Å². The summed E-state index contributed by atoms with van der Waals surface area (Å²) < 4.78 is 10.6. The van der Waals surface area contributed by atoms with E-state index in [1.807, 2.05) is 6.07 Å². The highest BCUT2D eigenvalue weighted by Gasteiger charge is 2.05. The predicted molar refractivity (Wildman–Crippen MR) is 75.8 cm³/mol. The molecule has 0 spiro atoms. The molecule has 1 heterocycles.